The molecule has 0 aliphatic heterocycles. The quantitative estimate of drug-likeness (QED) is 0.941. The molecule has 0 fully saturated rings. The lowest BCUT2D eigenvalue weighted by Gasteiger charge is -2.14. The summed E-state index contributed by atoms with van der Waals surface area (Å²) in [5.74, 6) is -2.27. The van der Waals surface area contributed by atoms with Gasteiger partial charge in [-0.25, -0.2) is 8.78 Å². The first-order valence-electron chi connectivity index (χ1n) is 6.27. The minimum Gasteiger partial charge on any atom is -0.346 e. The molecule has 0 heterocycles. The Kier molecular flexibility index (Phi) is 4.29. The first-order chi connectivity index (χ1) is 10.0. The molecule has 0 spiro atoms. The van der Waals surface area contributed by atoms with Crippen molar-refractivity contribution in [1.29, 1.82) is 5.26 Å². The number of hydrogen-bond acceptors (Lipinski definition) is 2. The van der Waals surface area contributed by atoms with Gasteiger partial charge in [-0.2, -0.15) is 5.26 Å². The van der Waals surface area contributed by atoms with E-state index in [1.54, 1.807) is 25.1 Å². The highest BCUT2D eigenvalue weighted by atomic mass is 19.2. The lowest BCUT2D eigenvalue weighted by Crippen LogP contribution is -2.26. The predicted molar refractivity (Wildman–Crippen MR) is 73.4 cm³/mol. The van der Waals surface area contributed by atoms with Crippen LogP contribution < -0.4 is 5.32 Å². The van der Waals surface area contributed by atoms with Crippen molar-refractivity contribution in [2.75, 3.05) is 0 Å². The Morgan fingerprint density at radius 1 is 1.19 bits per heavy atom. The number of hydrogen-bond donors (Lipinski definition) is 1. The van der Waals surface area contributed by atoms with Gasteiger partial charge >= 0.3 is 0 Å². The number of benzene rings is 2. The summed E-state index contributed by atoms with van der Waals surface area (Å²) in [5.41, 5.74) is 1.17. The molecule has 1 amide bonds. The normalized spacial score (nSPS) is 11.5. The van der Waals surface area contributed by atoms with E-state index in [-0.39, 0.29) is 5.91 Å². The van der Waals surface area contributed by atoms with Crippen LogP contribution in [0.3, 0.4) is 0 Å². The van der Waals surface area contributed by atoms with Gasteiger partial charge in [-0.05, 0) is 42.8 Å². The van der Waals surface area contributed by atoms with Crippen LogP contribution in [0.1, 0.15) is 34.5 Å². The van der Waals surface area contributed by atoms with E-state index in [9.17, 15) is 13.6 Å². The molecule has 0 saturated heterocycles. The smallest absolute Gasteiger partial charge is 0.251 e. The molecule has 0 radical (unpaired) electrons. The average Bonchev–Trinajstić information content (AvgIpc) is 2.49. The fourth-order valence-corrected chi connectivity index (χ4v) is 1.88. The third kappa shape index (κ3) is 3.42. The van der Waals surface area contributed by atoms with Gasteiger partial charge in [-0.15, -0.1) is 0 Å². The van der Waals surface area contributed by atoms with Gasteiger partial charge in [0.25, 0.3) is 5.91 Å². The largest absolute Gasteiger partial charge is 0.346 e. The number of carbonyl (C=O) groups is 1. The Labute approximate surface area is 120 Å². The Balaban J connectivity index is 2.14. The zero-order valence-corrected chi connectivity index (χ0v) is 11.2. The second-order valence-corrected chi connectivity index (χ2v) is 4.56. The van der Waals surface area contributed by atoms with E-state index in [0.717, 1.165) is 12.1 Å². The van der Waals surface area contributed by atoms with Gasteiger partial charge in [0, 0.05) is 5.56 Å². The van der Waals surface area contributed by atoms with Crippen LogP contribution in [0.4, 0.5) is 8.78 Å². The van der Waals surface area contributed by atoms with E-state index in [4.69, 9.17) is 5.26 Å². The maximum absolute atomic E-state index is 13.2. The summed E-state index contributed by atoms with van der Waals surface area (Å²) < 4.78 is 26.1. The number of rotatable bonds is 3. The number of nitriles is 1. The van der Waals surface area contributed by atoms with Crippen molar-refractivity contribution < 1.29 is 13.6 Å². The summed E-state index contributed by atoms with van der Waals surface area (Å²) in [7, 11) is 0. The van der Waals surface area contributed by atoms with E-state index < -0.39 is 17.7 Å². The first-order valence-corrected chi connectivity index (χ1v) is 6.27. The Morgan fingerprint density at radius 2 is 1.95 bits per heavy atom. The van der Waals surface area contributed by atoms with Gasteiger partial charge in [0.1, 0.15) is 0 Å². The third-order valence-corrected chi connectivity index (χ3v) is 3.05. The molecular formula is C16H12F2N2O. The van der Waals surface area contributed by atoms with Gasteiger partial charge in [-0.1, -0.05) is 12.1 Å². The number of amides is 1. The summed E-state index contributed by atoms with van der Waals surface area (Å²) in [4.78, 5) is 12.1. The van der Waals surface area contributed by atoms with Gasteiger partial charge in [0.05, 0.1) is 17.7 Å². The van der Waals surface area contributed by atoms with Crippen LogP contribution in [0.2, 0.25) is 0 Å². The van der Waals surface area contributed by atoms with Crippen molar-refractivity contribution in [2.24, 2.45) is 0 Å². The molecule has 0 aromatic heterocycles. The number of carbonyl (C=O) groups excluding carboxylic acids is 1. The predicted octanol–water partition coefficient (Wildman–Crippen LogP) is 3.33. The van der Waals surface area contributed by atoms with Crippen molar-refractivity contribution in [3.05, 3.63) is 70.8 Å². The Morgan fingerprint density at radius 3 is 2.62 bits per heavy atom. The van der Waals surface area contributed by atoms with Gasteiger partial charge in [0.15, 0.2) is 11.6 Å². The minimum absolute atomic E-state index is 0.337. The van der Waals surface area contributed by atoms with Gasteiger partial charge < -0.3 is 5.32 Å². The maximum Gasteiger partial charge on any atom is 0.251 e. The number of nitrogens with one attached hydrogen (secondary N) is 1. The molecule has 21 heavy (non-hydrogen) atoms. The van der Waals surface area contributed by atoms with Gasteiger partial charge in [-0.3, -0.25) is 4.79 Å². The molecule has 0 unspecified atom stereocenters. The minimum atomic E-state index is -0.958. The van der Waals surface area contributed by atoms with Crippen LogP contribution in [-0.4, -0.2) is 5.91 Å². The summed E-state index contributed by atoms with van der Waals surface area (Å²) in [6, 6.07) is 11.2. The van der Waals surface area contributed by atoms with Crippen molar-refractivity contribution in [3.63, 3.8) is 0 Å². The molecule has 0 saturated carbocycles. The first kappa shape index (κ1) is 14.7. The fourth-order valence-electron chi connectivity index (χ4n) is 1.88. The van der Waals surface area contributed by atoms with Crippen molar-refractivity contribution >= 4 is 5.91 Å². The highest BCUT2D eigenvalue weighted by Gasteiger charge is 2.13. The summed E-state index contributed by atoms with van der Waals surface area (Å²) in [6.45, 7) is 1.67. The van der Waals surface area contributed by atoms with Crippen molar-refractivity contribution in [1.82, 2.24) is 5.32 Å². The Hall–Kier alpha value is -2.74. The second kappa shape index (κ2) is 6.14. The van der Waals surface area contributed by atoms with Crippen molar-refractivity contribution in [3.8, 4) is 6.07 Å². The fraction of sp³-hybridized carbons (Fsp3) is 0.125. The monoisotopic (exact) mass is 286 g/mol. The van der Waals surface area contributed by atoms with Gasteiger partial charge in [0.2, 0.25) is 0 Å². The number of nitrogens with zero attached hydrogens (tertiary/aromatic N) is 1. The topological polar surface area (TPSA) is 52.9 Å². The van der Waals surface area contributed by atoms with Crippen LogP contribution in [0, 0.1) is 23.0 Å². The summed E-state index contributed by atoms with van der Waals surface area (Å²) >= 11 is 0. The summed E-state index contributed by atoms with van der Waals surface area (Å²) in [5, 5.41) is 11.5. The van der Waals surface area contributed by atoms with E-state index in [1.165, 1.54) is 12.1 Å². The molecule has 0 aliphatic carbocycles. The highest BCUT2D eigenvalue weighted by molar-refractivity contribution is 5.94. The summed E-state index contributed by atoms with van der Waals surface area (Å²) in [6.07, 6.45) is 0. The molecule has 1 N–H and O–H groups in total. The molecule has 1 atom stereocenters. The standard InChI is InChI=1S/C16H12F2N2O/c1-10(12-5-6-14(17)15(18)8-12)20-16(21)13-4-2-3-11(7-13)9-19/h2-8,10H,1H3,(H,20,21)/t10-/m1/s1. The van der Waals surface area contributed by atoms with E-state index >= 15 is 0 Å². The van der Waals surface area contributed by atoms with Crippen LogP contribution in [0.15, 0.2) is 42.5 Å². The molecule has 0 aliphatic rings. The Bertz CT molecular complexity index is 722. The van der Waals surface area contributed by atoms with E-state index in [1.807, 2.05) is 6.07 Å². The average molecular weight is 286 g/mol. The van der Waals surface area contributed by atoms with Crippen molar-refractivity contribution in [2.45, 2.75) is 13.0 Å². The highest BCUT2D eigenvalue weighted by Crippen LogP contribution is 2.16. The molecule has 2 aromatic carbocycles. The third-order valence-electron chi connectivity index (χ3n) is 3.05. The van der Waals surface area contributed by atoms with Crippen LogP contribution in [0.5, 0.6) is 0 Å². The van der Waals surface area contributed by atoms with Crippen LogP contribution in [0.25, 0.3) is 0 Å². The molecule has 2 rings (SSSR count). The molecule has 0 bridgehead atoms. The molecule has 106 valence electrons. The van der Waals surface area contributed by atoms with Crippen LogP contribution in [-0.2, 0) is 0 Å². The second-order valence-electron chi connectivity index (χ2n) is 4.56. The van der Waals surface area contributed by atoms with E-state index in [0.29, 0.717) is 16.7 Å². The SMILES string of the molecule is C[C@@H](NC(=O)c1cccc(C#N)c1)c1ccc(F)c(F)c1. The zero-order chi connectivity index (χ0) is 15.4. The molecule has 3 nitrogen and oxygen atoms in total. The molecule has 2 aromatic rings. The van der Waals surface area contributed by atoms with Crippen LogP contribution >= 0.6 is 0 Å². The molecular weight excluding hydrogens is 274 g/mol. The van der Waals surface area contributed by atoms with E-state index in [2.05, 4.69) is 5.32 Å². The lowest BCUT2D eigenvalue weighted by atomic mass is 10.1. The number of halogens is 2. The zero-order valence-electron chi connectivity index (χ0n) is 11.2. The molecule has 5 heteroatoms. The lowest BCUT2D eigenvalue weighted by molar-refractivity contribution is 0.0939. The maximum atomic E-state index is 13.2.